The van der Waals surface area contributed by atoms with Crippen LogP contribution in [-0.2, 0) is 28.7 Å². The highest BCUT2D eigenvalue weighted by molar-refractivity contribution is 6.07. The van der Waals surface area contributed by atoms with E-state index >= 15 is 0 Å². The highest BCUT2D eigenvalue weighted by atomic mass is 16.6. The lowest BCUT2D eigenvalue weighted by molar-refractivity contribution is -0.146. The van der Waals surface area contributed by atoms with Crippen molar-refractivity contribution in [3.63, 3.8) is 0 Å². The fourth-order valence-electron chi connectivity index (χ4n) is 2.59. The predicted molar refractivity (Wildman–Crippen MR) is 120 cm³/mol. The van der Waals surface area contributed by atoms with Crippen molar-refractivity contribution in [3.8, 4) is 0 Å². The van der Waals surface area contributed by atoms with Crippen LogP contribution in [0.5, 0.6) is 0 Å². The van der Waals surface area contributed by atoms with E-state index in [1.807, 2.05) is 0 Å². The van der Waals surface area contributed by atoms with E-state index in [2.05, 4.69) is 16.4 Å². The lowest BCUT2D eigenvalue weighted by Crippen LogP contribution is -2.17. The second-order valence-corrected chi connectivity index (χ2v) is 7.13. The van der Waals surface area contributed by atoms with E-state index in [-0.39, 0.29) is 17.5 Å². The summed E-state index contributed by atoms with van der Waals surface area (Å²) in [5.41, 5.74) is -0.280. The Morgan fingerprint density at radius 3 is 1.74 bits per heavy atom. The minimum atomic E-state index is -1.08. The number of hydrogen-bond donors (Lipinski definition) is 2. The summed E-state index contributed by atoms with van der Waals surface area (Å²) in [6.07, 6.45) is 8.26. The molecule has 0 fully saturated rings. The summed E-state index contributed by atoms with van der Waals surface area (Å²) < 4.78 is 8.72. The van der Waals surface area contributed by atoms with Crippen molar-refractivity contribution < 1.29 is 48.5 Å². The second kappa shape index (κ2) is 16.8. The average molecular weight is 478 g/mol. The molecule has 0 aliphatic carbocycles. The van der Waals surface area contributed by atoms with Crippen LogP contribution >= 0.6 is 0 Å². The summed E-state index contributed by atoms with van der Waals surface area (Å²) in [5, 5.41) is 17.3. The van der Waals surface area contributed by atoms with Crippen molar-refractivity contribution in [2.75, 3.05) is 0 Å². The van der Waals surface area contributed by atoms with Crippen molar-refractivity contribution in [1.29, 1.82) is 0 Å². The van der Waals surface area contributed by atoms with E-state index < -0.39 is 41.7 Å². The van der Waals surface area contributed by atoms with E-state index in [0.717, 1.165) is 33.1 Å². The normalized spacial score (nSPS) is 11.0. The van der Waals surface area contributed by atoms with Crippen LogP contribution in [0.3, 0.4) is 0 Å². The number of unbranched alkanes of at least 4 members (excludes halogenated alkanes) is 4. The third kappa shape index (κ3) is 13.6. The van der Waals surface area contributed by atoms with E-state index in [4.69, 9.17) is 10.2 Å². The van der Waals surface area contributed by atoms with Gasteiger partial charge in [0.1, 0.15) is 0 Å². The third-order valence-corrected chi connectivity index (χ3v) is 4.14. The molecule has 0 bridgehead atoms. The first kappa shape index (κ1) is 30.2. The molecule has 1 aromatic rings. The lowest BCUT2D eigenvalue weighted by atomic mass is 10.0. The van der Waals surface area contributed by atoms with Gasteiger partial charge >= 0.3 is 35.8 Å². The Morgan fingerprint density at radius 2 is 1.35 bits per heavy atom. The number of aliphatic carboxylic acids is 2. The largest absolute Gasteiger partial charge is 0.481 e. The molecule has 0 spiro atoms. The summed E-state index contributed by atoms with van der Waals surface area (Å²) in [5.74, 6) is -6.60. The maximum absolute atomic E-state index is 11.5. The zero-order valence-electron chi connectivity index (χ0n) is 19.4. The molecular weight excluding hydrogens is 448 g/mol. The van der Waals surface area contributed by atoms with Crippen LogP contribution in [0.2, 0.25) is 0 Å². The Labute approximate surface area is 197 Å². The first-order chi connectivity index (χ1) is 16.0. The zero-order chi connectivity index (χ0) is 26.1. The smallest absolute Gasteiger partial charge is 0.346 e. The zero-order valence-corrected chi connectivity index (χ0v) is 19.4. The molecule has 1 atom stereocenters. The lowest BCUT2D eigenvalue weighted by Gasteiger charge is -2.06. The Balaban J connectivity index is 0.000000646. The van der Waals surface area contributed by atoms with Crippen LogP contribution in [-0.4, -0.2) is 46.0 Å². The van der Waals surface area contributed by atoms with Gasteiger partial charge in [-0.3, -0.25) is 19.2 Å². The first-order valence-electron chi connectivity index (χ1n) is 10.6. The van der Waals surface area contributed by atoms with Crippen molar-refractivity contribution >= 4 is 35.8 Å². The Hall–Kier alpha value is -3.82. The summed E-state index contributed by atoms with van der Waals surface area (Å²) in [6, 6.07) is 5.56. The molecule has 34 heavy (non-hydrogen) atoms. The van der Waals surface area contributed by atoms with Crippen LogP contribution in [0.15, 0.2) is 36.4 Å². The molecular formula is C24H30O10. The van der Waals surface area contributed by atoms with Gasteiger partial charge in [-0.15, -0.1) is 0 Å². The molecule has 1 unspecified atom stereocenters. The number of esters is 4. The second-order valence-electron chi connectivity index (χ2n) is 7.13. The third-order valence-electron chi connectivity index (χ3n) is 4.14. The molecule has 186 valence electrons. The van der Waals surface area contributed by atoms with Gasteiger partial charge in [0.05, 0.1) is 23.5 Å². The topological polar surface area (TPSA) is 161 Å². The molecule has 0 saturated heterocycles. The van der Waals surface area contributed by atoms with Crippen LogP contribution in [0.25, 0.3) is 0 Å². The molecule has 0 aliphatic heterocycles. The van der Waals surface area contributed by atoms with Gasteiger partial charge in [0.2, 0.25) is 0 Å². The van der Waals surface area contributed by atoms with Gasteiger partial charge in [-0.25, -0.2) is 9.59 Å². The molecule has 2 N–H and O–H groups in total. The van der Waals surface area contributed by atoms with Gasteiger partial charge in [0.25, 0.3) is 0 Å². The summed E-state index contributed by atoms with van der Waals surface area (Å²) in [6.45, 7) is 4.26. The molecule has 0 aromatic heterocycles. The molecule has 1 aromatic carbocycles. The summed E-state index contributed by atoms with van der Waals surface area (Å²) in [7, 11) is 0. The number of benzene rings is 1. The molecule has 0 amide bonds. The predicted octanol–water partition coefficient (Wildman–Crippen LogP) is 3.78. The Kier molecular flexibility index (Phi) is 14.9. The standard InChI is InChI=1S/C12H10O6.C12H20O4/c1-7(13)17-11(15)9-5-3-4-6-10(9)12(16)18-8(2)14;1-2-3-4-5-6-7-8-10(12(15)16)9-11(13)14/h3-6H,1-2H3;7-8,10H,2-6,9H2,1H3,(H,13,14)(H,15,16). The molecule has 0 aliphatic rings. The van der Waals surface area contributed by atoms with E-state index in [1.165, 1.54) is 43.2 Å². The molecule has 10 heteroatoms. The molecule has 0 saturated carbocycles. The van der Waals surface area contributed by atoms with Crippen molar-refractivity contribution in [1.82, 2.24) is 0 Å². The number of carboxylic acid groups (broad SMARTS) is 2. The summed E-state index contributed by atoms with van der Waals surface area (Å²) >= 11 is 0. The minimum Gasteiger partial charge on any atom is -0.481 e. The number of carbonyl (C=O) groups excluding carboxylic acids is 4. The van der Waals surface area contributed by atoms with Crippen LogP contribution in [0, 0.1) is 5.92 Å². The SMILES string of the molecule is CC(=O)OC(=O)c1ccccc1C(=O)OC(C)=O.CCCCCCC=CC(CC(=O)O)C(=O)O. The quantitative estimate of drug-likeness (QED) is 0.207. The van der Waals surface area contributed by atoms with Gasteiger partial charge in [-0.2, -0.15) is 0 Å². The first-order valence-corrected chi connectivity index (χ1v) is 10.6. The van der Waals surface area contributed by atoms with Gasteiger partial charge in [0, 0.05) is 13.8 Å². The van der Waals surface area contributed by atoms with Gasteiger partial charge in [-0.1, -0.05) is 50.5 Å². The summed E-state index contributed by atoms with van der Waals surface area (Å²) in [4.78, 5) is 65.5. The molecule has 10 nitrogen and oxygen atoms in total. The number of carbonyl (C=O) groups is 6. The van der Waals surface area contributed by atoms with Crippen molar-refractivity contribution in [2.45, 2.75) is 59.3 Å². The number of carboxylic acids is 2. The highest BCUT2D eigenvalue weighted by Gasteiger charge is 2.21. The number of ether oxygens (including phenoxy) is 2. The van der Waals surface area contributed by atoms with Gasteiger partial charge in [-0.05, 0) is 25.0 Å². The average Bonchev–Trinajstić information content (AvgIpc) is 2.74. The van der Waals surface area contributed by atoms with E-state index in [9.17, 15) is 28.8 Å². The molecule has 1 rings (SSSR count). The fourth-order valence-corrected chi connectivity index (χ4v) is 2.59. The highest BCUT2D eigenvalue weighted by Crippen LogP contribution is 2.12. The molecule has 0 radical (unpaired) electrons. The van der Waals surface area contributed by atoms with Gasteiger partial charge in [0.15, 0.2) is 0 Å². The Bertz CT molecular complexity index is 854. The number of allylic oxidation sites excluding steroid dienone is 1. The van der Waals surface area contributed by atoms with Crippen LogP contribution in [0.4, 0.5) is 0 Å². The van der Waals surface area contributed by atoms with Gasteiger partial charge < -0.3 is 19.7 Å². The maximum atomic E-state index is 11.5. The molecule has 0 heterocycles. The van der Waals surface area contributed by atoms with Crippen LogP contribution in [0.1, 0.15) is 80.0 Å². The monoisotopic (exact) mass is 478 g/mol. The van der Waals surface area contributed by atoms with Crippen molar-refractivity contribution in [2.24, 2.45) is 5.92 Å². The van der Waals surface area contributed by atoms with Crippen LogP contribution < -0.4 is 0 Å². The number of rotatable bonds is 11. The Morgan fingerprint density at radius 1 is 0.853 bits per heavy atom. The van der Waals surface area contributed by atoms with Crippen molar-refractivity contribution in [3.05, 3.63) is 47.5 Å². The van der Waals surface area contributed by atoms with E-state index in [0.29, 0.717) is 0 Å². The maximum Gasteiger partial charge on any atom is 0.346 e. The fraction of sp³-hybridized carbons (Fsp3) is 0.417. The minimum absolute atomic E-state index is 0.140. The van der Waals surface area contributed by atoms with E-state index in [1.54, 1.807) is 6.08 Å². The number of hydrogen-bond acceptors (Lipinski definition) is 8.